The van der Waals surface area contributed by atoms with Crippen molar-refractivity contribution in [3.63, 3.8) is 0 Å². The molecule has 0 heterocycles. The lowest BCUT2D eigenvalue weighted by molar-refractivity contribution is -0.870. The molecule has 0 radical (unpaired) electrons. The van der Waals surface area contributed by atoms with Gasteiger partial charge in [-0.1, -0.05) is 96.8 Å². The van der Waals surface area contributed by atoms with Crippen LogP contribution in [0.15, 0.2) is 0 Å². The van der Waals surface area contributed by atoms with Crippen LogP contribution in [0.5, 0.6) is 0 Å². The van der Waals surface area contributed by atoms with Gasteiger partial charge in [0.2, 0.25) is 5.91 Å². The molecule has 2 atom stereocenters. The highest BCUT2D eigenvalue weighted by Gasteiger charge is 2.24. The van der Waals surface area contributed by atoms with Crippen LogP contribution in [0.3, 0.4) is 0 Å². The number of quaternary nitrogens is 1. The van der Waals surface area contributed by atoms with Gasteiger partial charge in [-0.3, -0.25) is 9.36 Å². The van der Waals surface area contributed by atoms with Crippen LogP contribution in [0.25, 0.3) is 0 Å². The molecule has 0 saturated carbocycles. The molecular formula is C27H55N2O7P. The van der Waals surface area contributed by atoms with Crippen molar-refractivity contribution in [2.45, 2.75) is 116 Å². The van der Waals surface area contributed by atoms with E-state index in [2.05, 4.69) is 17.0 Å². The Morgan fingerprint density at radius 1 is 0.811 bits per heavy atom. The zero-order valence-corrected chi connectivity index (χ0v) is 25.2. The van der Waals surface area contributed by atoms with Gasteiger partial charge in [-0.25, -0.2) is 4.79 Å². The highest BCUT2D eigenvalue weighted by Crippen LogP contribution is 2.38. The number of ether oxygens (including phenoxy) is 1. The van der Waals surface area contributed by atoms with E-state index in [1.54, 1.807) is 0 Å². The number of phosphoric acid groups is 1. The fraction of sp³-hybridized carbons (Fsp3) is 0.926. The fourth-order valence-corrected chi connectivity index (χ4v) is 4.58. The zero-order chi connectivity index (χ0) is 28.0. The Kier molecular flexibility index (Phi) is 21.3. The molecule has 0 bridgehead atoms. The Labute approximate surface area is 226 Å². The minimum atomic E-state index is -4.60. The number of methoxy groups -OCH3 is 1. The van der Waals surface area contributed by atoms with Crippen molar-refractivity contribution in [1.82, 2.24) is 5.32 Å². The minimum Gasteiger partial charge on any atom is -0.756 e. The third-order valence-electron chi connectivity index (χ3n) is 6.24. The summed E-state index contributed by atoms with van der Waals surface area (Å²) in [6.45, 7) is 2.11. The Balaban J connectivity index is 3.94. The maximum Gasteiger partial charge on any atom is 0.330 e. The van der Waals surface area contributed by atoms with Crippen LogP contribution in [0.2, 0.25) is 0 Å². The highest BCUT2D eigenvalue weighted by molar-refractivity contribution is 7.45. The molecule has 1 amide bonds. The standard InChI is InChI=1S/C27H55N2O7P/c1-6-7-8-9-10-11-12-13-14-15-16-17-18-19-20-21-26(30)28-25(27(31)34-5)24-36-37(32,33)35-23-22-29(2,3)4/h25H,6-24H2,1-5H3,(H-,28,30,32,33)/t25-/m0/s1. The van der Waals surface area contributed by atoms with E-state index in [9.17, 15) is 19.0 Å². The number of hydrogen-bond acceptors (Lipinski definition) is 7. The summed E-state index contributed by atoms with van der Waals surface area (Å²) in [6, 6.07) is -1.21. The number of unbranched alkanes of at least 4 members (excludes halogenated alkanes) is 14. The van der Waals surface area contributed by atoms with E-state index in [-0.39, 0.29) is 18.9 Å². The first kappa shape index (κ1) is 36.0. The molecule has 37 heavy (non-hydrogen) atoms. The number of carbonyl (C=O) groups is 2. The monoisotopic (exact) mass is 550 g/mol. The molecule has 0 aromatic carbocycles. The molecule has 10 heteroatoms. The predicted octanol–water partition coefficient (Wildman–Crippen LogP) is 5.11. The summed E-state index contributed by atoms with van der Waals surface area (Å²) < 4.78 is 26.8. The minimum absolute atomic E-state index is 0.0429. The summed E-state index contributed by atoms with van der Waals surface area (Å²) in [5.74, 6) is -1.10. The van der Waals surface area contributed by atoms with Crippen LogP contribution < -0.4 is 10.2 Å². The van der Waals surface area contributed by atoms with Gasteiger partial charge in [0.15, 0.2) is 6.04 Å². The molecule has 0 saturated heterocycles. The van der Waals surface area contributed by atoms with Crippen LogP contribution in [0, 0.1) is 0 Å². The van der Waals surface area contributed by atoms with Gasteiger partial charge in [-0.2, -0.15) is 0 Å². The van der Waals surface area contributed by atoms with E-state index in [0.29, 0.717) is 17.4 Å². The first-order valence-electron chi connectivity index (χ1n) is 14.3. The van der Waals surface area contributed by atoms with E-state index in [4.69, 9.17) is 9.05 Å². The number of carbonyl (C=O) groups excluding carboxylic acids is 2. The van der Waals surface area contributed by atoms with Gasteiger partial charge in [-0.15, -0.1) is 0 Å². The molecule has 0 aromatic heterocycles. The first-order valence-corrected chi connectivity index (χ1v) is 15.7. The van der Waals surface area contributed by atoms with Crippen LogP contribution in [0.4, 0.5) is 0 Å². The maximum atomic E-state index is 12.3. The van der Waals surface area contributed by atoms with Crippen LogP contribution in [-0.4, -0.2) is 70.4 Å². The molecule has 9 nitrogen and oxygen atoms in total. The van der Waals surface area contributed by atoms with E-state index in [1.807, 2.05) is 21.1 Å². The van der Waals surface area contributed by atoms with Crippen molar-refractivity contribution in [3.05, 3.63) is 0 Å². The smallest absolute Gasteiger partial charge is 0.330 e. The van der Waals surface area contributed by atoms with Crippen LogP contribution >= 0.6 is 7.82 Å². The first-order chi connectivity index (χ1) is 17.5. The Bertz CT molecular complexity index is 641. The Morgan fingerprint density at radius 2 is 1.27 bits per heavy atom. The third kappa shape index (κ3) is 23.8. The van der Waals surface area contributed by atoms with Crippen molar-refractivity contribution in [2.24, 2.45) is 0 Å². The molecule has 0 aromatic rings. The summed E-state index contributed by atoms with van der Waals surface area (Å²) in [4.78, 5) is 36.2. The fourth-order valence-electron chi connectivity index (χ4n) is 3.86. The molecule has 0 spiro atoms. The van der Waals surface area contributed by atoms with Gasteiger partial charge in [0, 0.05) is 6.42 Å². The average molecular weight is 551 g/mol. The topological polar surface area (TPSA) is 114 Å². The summed E-state index contributed by atoms with van der Waals surface area (Å²) in [6.07, 6.45) is 18.9. The molecule has 1 unspecified atom stereocenters. The molecular weight excluding hydrogens is 495 g/mol. The number of likely N-dealkylation sites (N-methyl/N-ethyl adjacent to an activating group) is 1. The third-order valence-corrected chi connectivity index (χ3v) is 7.20. The lowest BCUT2D eigenvalue weighted by Gasteiger charge is -2.28. The number of esters is 1. The molecule has 1 N–H and O–H groups in total. The molecule has 0 fully saturated rings. The summed E-state index contributed by atoms with van der Waals surface area (Å²) in [5, 5.41) is 2.51. The quantitative estimate of drug-likeness (QED) is 0.0727. The summed E-state index contributed by atoms with van der Waals surface area (Å²) in [5.41, 5.74) is 0. The number of rotatable bonds is 25. The second-order valence-corrected chi connectivity index (χ2v) is 12.3. The molecule has 220 valence electrons. The number of phosphoric ester groups is 1. The van der Waals surface area contributed by atoms with Gasteiger partial charge in [0.1, 0.15) is 13.2 Å². The normalized spacial score (nSPS) is 14.2. The number of hydrogen-bond donors (Lipinski definition) is 1. The Morgan fingerprint density at radius 3 is 1.70 bits per heavy atom. The molecule has 0 rings (SSSR count). The van der Waals surface area contributed by atoms with E-state index >= 15 is 0 Å². The summed E-state index contributed by atoms with van der Waals surface area (Å²) >= 11 is 0. The average Bonchev–Trinajstić information content (AvgIpc) is 2.82. The van der Waals surface area contributed by atoms with Crippen molar-refractivity contribution in [3.8, 4) is 0 Å². The second kappa shape index (κ2) is 21.9. The van der Waals surface area contributed by atoms with Gasteiger partial charge in [0.05, 0.1) is 34.9 Å². The van der Waals surface area contributed by atoms with Gasteiger partial charge in [-0.05, 0) is 6.42 Å². The molecule has 0 aliphatic heterocycles. The maximum absolute atomic E-state index is 12.3. The number of nitrogens with zero attached hydrogens (tertiary/aromatic N) is 1. The summed E-state index contributed by atoms with van der Waals surface area (Å²) in [7, 11) is 2.29. The predicted molar refractivity (Wildman–Crippen MR) is 146 cm³/mol. The number of nitrogens with one attached hydrogen (secondary N) is 1. The Hall–Kier alpha value is -0.990. The van der Waals surface area contributed by atoms with E-state index in [1.165, 1.54) is 84.2 Å². The van der Waals surface area contributed by atoms with E-state index in [0.717, 1.165) is 12.8 Å². The van der Waals surface area contributed by atoms with Crippen molar-refractivity contribution in [1.29, 1.82) is 0 Å². The zero-order valence-electron chi connectivity index (χ0n) is 24.3. The van der Waals surface area contributed by atoms with Crippen molar-refractivity contribution >= 4 is 19.7 Å². The highest BCUT2D eigenvalue weighted by atomic mass is 31.2. The van der Waals surface area contributed by atoms with Crippen molar-refractivity contribution in [2.75, 3.05) is 48.0 Å². The van der Waals surface area contributed by atoms with Gasteiger partial charge >= 0.3 is 5.97 Å². The van der Waals surface area contributed by atoms with Crippen LogP contribution in [0.1, 0.15) is 110 Å². The van der Waals surface area contributed by atoms with Gasteiger partial charge in [0.25, 0.3) is 7.82 Å². The lowest BCUT2D eigenvalue weighted by atomic mass is 10.0. The lowest BCUT2D eigenvalue weighted by Crippen LogP contribution is -2.44. The van der Waals surface area contributed by atoms with Gasteiger partial charge < -0.3 is 28.5 Å². The van der Waals surface area contributed by atoms with E-state index < -0.39 is 26.4 Å². The molecule has 0 aliphatic carbocycles. The largest absolute Gasteiger partial charge is 0.756 e. The molecule has 0 aliphatic rings. The number of amides is 1. The van der Waals surface area contributed by atoms with Crippen LogP contribution in [-0.2, 0) is 27.9 Å². The van der Waals surface area contributed by atoms with Crippen molar-refractivity contribution < 1.29 is 37.3 Å². The SMILES string of the molecule is CCCCCCCCCCCCCCCCCC(=O)N[C@@H](COP(=O)([O-])OCC[N+](C)(C)C)C(=O)OC. The second-order valence-electron chi connectivity index (χ2n) is 10.9.